The minimum Gasteiger partial charge on any atom is -0.484 e. The molecule has 6 nitrogen and oxygen atoms in total. The van der Waals surface area contributed by atoms with E-state index in [9.17, 15) is 14.0 Å². The van der Waals surface area contributed by atoms with Crippen molar-refractivity contribution in [3.05, 3.63) is 94.6 Å². The molecule has 0 atom stereocenters. The summed E-state index contributed by atoms with van der Waals surface area (Å²) in [6.07, 6.45) is 2.17. The zero-order valence-corrected chi connectivity index (χ0v) is 17.3. The van der Waals surface area contributed by atoms with Crippen molar-refractivity contribution in [2.45, 2.75) is 13.3 Å². The van der Waals surface area contributed by atoms with Gasteiger partial charge in [-0.3, -0.25) is 9.59 Å². The molecule has 32 heavy (non-hydrogen) atoms. The molecule has 162 valence electrons. The number of amides is 1. The Hall–Kier alpha value is -4.13. The molecule has 1 amide bonds. The first-order valence-electron chi connectivity index (χ1n) is 10.0. The number of anilines is 1. The van der Waals surface area contributed by atoms with Gasteiger partial charge in [-0.1, -0.05) is 19.1 Å². The van der Waals surface area contributed by atoms with Crippen molar-refractivity contribution in [2.24, 2.45) is 0 Å². The summed E-state index contributed by atoms with van der Waals surface area (Å²) in [4.78, 5) is 24.8. The third-order valence-electron chi connectivity index (χ3n) is 4.77. The Bertz CT molecular complexity index is 1300. The van der Waals surface area contributed by atoms with Crippen LogP contribution in [0.15, 0.2) is 82.2 Å². The van der Waals surface area contributed by atoms with Crippen LogP contribution in [-0.4, -0.2) is 12.5 Å². The summed E-state index contributed by atoms with van der Waals surface area (Å²) in [5.41, 5.74) is 1.62. The van der Waals surface area contributed by atoms with Crippen LogP contribution < -0.4 is 20.2 Å². The summed E-state index contributed by atoms with van der Waals surface area (Å²) in [5, 5.41) is 2.93. The second-order valence-corrected chi connectivity index (χ2v) is 7.03. The first kappa shape index (κ1) is 21.1. The van der Waals surface area contributed by atoms with Crippen LogP contribution in [0.3, 0.4) is 0 Å². The van der Waals surface area contributed by atoms with Gasteiger partial charge in [0.1, 0.15) is 29.2 Å². The predicted octanol–water partition coefficient (Wildman–Crippen LogP) is 5.30. The maximum Gasteiger partial charge on any atom is 0.262 e. The molecule has 1 heterocycles. The Morgan fingerprint density at radius 3 is 2.44 bits per heavy atom. The quantitative estimate of drug-likeness (QED) is 0.428. The number of halogens is 1. The maximum atomic E-state index is 12.9. The largest absolute Gasteiger partial charge is 0.484 e. The van der Waals surface area contributed by atoms with E-state index < -0.39 is 5.91 Å². The number of fused-ring (bicyclic) bond motifs is 1. The lowest BCUT2D eigenvalue weighted by Crippen LogP contribution is -2.20. The van der Waals surface area contributed by atoms with Crippen molar-refractivity contribution in [3.63, 3.8) is 0 Å². The standard InChI is InChI=1S/C25H20FNO5/c1-2-16-3-9-19(10-4-16)32-23-14-31-22-13-20(11-12-21(22)25(23)29)30-15-24(28)27-18-7-5-17(26)6-8-18/h3-14H,2,15H2,1H3,(H,27,28). The number of nitrogens with one attached hydrogen (secondary N) is 1. The summed E-state index contributed by atoms with van der Waals surface area (Å²) in [6, 6.07) is 17.5. The van der Waals surface area contributed by atoms with Crippen LogP contribution in [0, 0.1) is 5.82 Å². The maximum absolute atomic E-state index is 12.9. The second kappa shape index (κ2) is 9.34. The number of hydrogen-bond acceptors (Lipinski definition) is 5. The van der Waals surface area contributed by atoms with Gasteiger partial charge >= 0.3 is 0 Å². The van der Waals surface area contributed by atoms with Crippen molar-refractivity contribution in [3.8, 4) is 17.2 Å². The molecule has 0 unspecified atom stereocenters. The summed E-state index contributed by atoms with van der Waals surface area (Å²) in [5.74, 6) is 0.185. The van der Waals surface area contributed by atoms with Gasteiger partial charge in [0.25, 0.3) is 5.91 Å². The highest BCUT2D eigenvalue weighted by molar-refractivity contribution is 5.91. The van der Waals surface area contributed by atoms with E-state index in [1.807, 2.05) is 12.1 Å². The van der Waals surface area contributed by atoms with Gasteiger partial charge in [0.2, 0.25) is 11.2 Å². The molecule has 3 aromatic carbocycles. The Morgan fingerprint density at radius 2 is 1.72 bits per heavy atom. The number of carbonyl (C=O) groups is 1. The minimum absolute atomic E-state index is 0.0779. The summed E-state index contributed by atoms with van der Waals surface area (Å²) in [7, 11) is 0. The fourth-order valence-corrected chi connectivity index (χ4v) is 3.05. The zero-order valence-electron chi connectivity index (χ0n) is 17.3. The number of hydrogen-bond donors (Lipinski definition) is 1. The molecule has 4 aromatic rings. The molecule has 1 aromatic heterocycles. The SMILES string of the molecule is CCc1ccc(Oc2coc3cc(OCC(=O)Nc4ccc(F)cc4)ccc3c2=O)cc1. The van der Waals surface area contributed by atoms with Crippen LogP contribution in [0.4, 0.5) is 10.1 Å². The topological polar surface area (TPSA) is 77.8 Å². The summed E-state index contributed by atoms with van der Waals surface area (Å²) in [6.45, 7) is 1.80. The summed E-state index contributed by atoms with van der Waals surface area (Å²) < 4.78 is 29.6. The van der Waals surface area contributed by atoms with E-state index in [1.54, 1.807) is 24.3 Å². The Kier molecular flexibility index (Phi) is 6.17. The van der Waals surface area contributed by atoms with E-state index >= 15 is 0 Å². The molecule has 0 fully saturated rings. The highest BCUT2D eigenvalue weighted by Crippen LogP contribution is 2.24. The van der Waals surface area contributed by atoms with E-state index in [0.717, 1.165) is 6.42 Å². The monoisotopic (exact) mass is 433 g/mol. The molecule has 4 rings (SSSR count). The highest BCUT2D eigenvalue weighted by Gasteiger charge is 2.11. The number of benzene rings is 3. The smallest absolute Gasteiger partial charge is 0.262 e. The third-order valence-corrected chi connectivity index (χ3v) is 4.77. The van der Waals surface area contributed by atoms with Crippen molar-refractivity contribution in [2.75, 3.05) is 11.9 Å². The fourth-order valence-electron chi connectivity index (χ4n) is 3.05. The third kappa shape index (κ3) is 4.95. The van der Waals surface area contributed by atoms with E-state index in [2.05, 4.69) is 12.2 Å². The fraction of sp³-hybridized carbons (Fsp3) is 0.120. The van der Waals surface area contributed by atoms with E-state index in [0.29, 0.717) is 28.2 Å². The minimum atomic E-state index is -0.406. The molecular formula is C25H20FNO5. The van der Waals surface area contributed by atoms with Crippen LogP contribution in [0.2, 0.25) is 0 Å². The first-order valence-corrected chi connectivity index (χ1v) is 10.0. The van der Waals surface area contributed by atoms with Gasteiger partial charge in [0.05, 0.1) is 5.39 Å². The molecule has 7 heteroatoms. The molecule has 0 aliphatic heterocycles. The molecule has 0 bridgehead atoms. The second-order valence-electron chi connectivity index (χ2n) is 7.03. The predicted molar refractivity (Wildman–Crippen MR) is 119 cm³/mol. The molecule has 1 N–H and O–H groups in total. The van der Waals surface area contributed by atoms with Crippen LogP contribution in [0.25, 0.3) is 11.0 Å². The average Bonchev–Trinajstić information content (AvgIpc) is 2.81. The van der Waals surface area contributed by atoms with Gasteiger partial charge < -0.3 is 19.2 Å². The number of aryl methyl sites for hydroxylation is 1. The van der Waals surface area contributed by atoms with Gasteiger partial charge in [-0.2, -0.15) is 0 Å². The lowest BCUT2D eigenvalue weighted by molar-refractivity contribution is -0.118. The Balaban J connectivity index is 1.43. The van der Waals surface area contributed by atoms with Gasteiger partial charge in [-0.15, -0.1) is 0 Å². The lowest BCUT2D eigenvalue weighted by Gasteiger charge is -2.09. The van der Waals surface area contributed by atoms with Crippen LogP contribution in [0.1, 0.15) is 12.5 Å². The molecule has 0 aliphatic carbocycles. The van der Waals surface area contributed by atoms with Crippen molar-refractivity contribution >= 4 is 22.6 Å². The zero-order chi connectivity index (χ0) is 22.5. The first-order chi connectivity index (χ1) is 15.5. The van der Waals surface area contributed by atoms with Crippen LogP contribution in [-0.2, 0) is 11.2 Å². The van der Waals surface area contributed by atoms with Crippen LogP contribution >= 0.6 is 0 Å². The van der Waals surface area contributed by atoms with Gasteiger partial charge in [-0.25, -0.2) is 4.39 Å². The van der Waals surface area contributed by atoms with Gasteiger partial charge in [0, 0.05) is 11.8 Å². The molecule has 0 saturated carbocycles. The van der Waals surface area contributed by atoms with Crippen molar-refractivity contribution in [1.29, 1.82) is 0 Å². The molecule has 0 saturated heterocycles. The van der Waals surface area contributed by atoms with E-state index in [4.69, 9.17) is 13.9 Å². The van der Waals surface area contributed by atoms with Crippen molar-refractivity contribution < 1.29 is 23.1 Å². The Labute approximate surface area is 183 Å². The molecule has 0 aliphatic rings. The number of ether oxygens (including phenoxy) is 2. The van der Waals surface area contributed by atoms with Crippen LogP contribution in [0.5, 0.6) is 17.2 Å². The lowest BCUT2D eigenvalue weighted by atomic mass is 10.2. The Morgan fingerprint density at radius 1 is 1.00 bits per heavy atom. The summed E-state index contributed by atoms with van der Waals surface area (Å²) >= 11 is 0. The number of carbonyl (C=O) groups excluding carboxylic acids is 1. The molecule has 0 radical (unpaired) electrons. The van der Waals surface area contributed by atoms with E-state index in [-0.39, 0.29) is 23.6 Å². The van der Waals surface area contributed by atoms with Gasteiger partial charge in [-0.05, 0) is 60.5 Å². The van der Waals surface area contributed by atoms with Gasteiger partial charge in [0.15, 0.2) is 6.61 Å². The molecular weight excluding hydrogens is 413 g/mol. The number of rotatable bonds is 7. The van der Waals surface area contributed by atoms with Crippen molar-refractivity contribution in [1.82, 2.24) is 0 Å². The normalized spacial score (nSPS) is 10.7. The molecule has 0 spiro atoms. The highest BCUT2D eigenvalue weighted by atomic mass is 19.1. The van der Waals surface area contributed by atoms with E-state index in [1.165, 1.54) is 42.2 Å². The average molecular weight is 433 g/mol.